The maximum absolute atomic E-state index is 12.8. The highest BCUT2D eigenvalue weighted by molar-refractivity contribution is 6.87. The molecular weight excluding hydrogens is 781 g/mol. The average Bonchev–Trinajstić information content (AvgIpc) is 3.15. The van der Waals surface area contributed by atoms with Crippen LogP contribution in [0.15, 0.2) is 48.5 Å². The van der Waals surface area contributed by atoms with Crippen LogP contribution in [0.4, 0.5) is 29.2 Å². The van der Waals surface area contributed by atoms with E-state index in [4.69, 9.17) is 17.7 Å². The van der Waals surface area contributed by atoms with Crippen LogP contribution in [-0.2, 0) is 17.7 Å². The summed E-state index contributed by atoms with van der Waals surface area (Å²) < 4.78 is 24.7. The number of nitrogens with one attached hydrogen (secondary N) is 3. The second kappa shape index (κ2) is 23.8. The summed E-state index contributed by atoms with van der Waals surface area (Å²) in [5.74, 6) is 1.10. The molecule has 0 bridgehead atoms. The zero-order chi connectivity index (χ0) is 42.8. The topological polar surface area (TPSA) is 146 Å². The quantitative estimate of drug-likeness (QED) is 0.0381. The molecule has 2 atom stereocenters. The van der Waals surface area contributed by atoms with Crippen molar-refractivity contribution in [3.63, 3.8) is 0 Å². The highest BCUT2D eigenvalue weighted by atomic mass is 28.5. The summed E-state index contributed by atoms with van der Waals surface area (Å²) in [7, 11) is -6.04. The van der Waals surface area contributed by atoms with Gasteiger partial charge < -0.3 is 33.7 Å². The SMILES string of the molecule is CCCCC(CC)COC(=O)c1ccc(Nc2nc(NCCC[Si](C)(O[Si](C)(C)C)O[Si](C)(C)C)nc(Nc3ccc(C(=O)OCC(CC)CCCC)cc3)n2)cc1. The number of carbonyl (C=O) groups excluding carboxylic acids is 2. The lowest BCUT2D eigenvalue weighted by Crippen LogP contribution is -2.52. The molecular formula is C43H72N6O6Si3. The van der Waals surface area contributed by atoms with Gasteiger partial charge in [-0.15, -0.1) is 0 Å². The Morgan fingerprint density at radius 3 is 1.34 bits per heavy atom. The Hall–Kier alpha value is -3.64. The van der Waals surface area contributed by atoms with Crippen LogP contribution >= 0.6 is 0 Å². The minimum Gasteiger partial charge on any atom is -0.462 e. The number of benzene rings is 2. The lowest BCUT2D eigenvalue weighted by Gasteiger charge is -2.38. The van der Waals surface area contributed by atoms with E-state index < -0.39 is 25.2 Å². The molecule has 0 fully saturated rings. The molecule has 1 aromatic heterocycles. The maximum Gasteiger partial charge on any atom is 0.338 e. The van der Waals surface area contributed by atoms with Crippen molar-refractivity contribution in [3.05, 3.63) is 59.7 Å². The molecule has 0 aliphatic carbocycles. The van der Waals surface area contributed by atoms with Crippen molar-refractivity contribution in [2.45, 2.75) is 137 Å². The minimum atomic E-state index is -2.41. The van der Waals surface area contributed by atoms with E-state index in [1.807, 2.05) is 24.3 Å². The van der Waals surface area contributed by atoms with E-state index in [0.717, 1.165) is 63.8 Å². The van der Waals surface area contributed by atoms with Gasteiger partial charge in [0.05, 0.1) is 24.3 Å². The van der Waals surface area contributed by atoms with Crippen LogP contribution in [0, 0.1) is 11.8 Å². The van der Waals surface area contributed by atoms with Crippen LogP contribution in [0.3, 0.4) is 0 Å². The standard InChI is InChI=1S/C43H72N6O6Si3/c1-12-16-19-33(14-3)31-52-39(50)35-21-25-37(26-22-35)45-42-47-41(44-29-18-30-58(11,54-56(5,6)7)55-57(8,9)10)48-43(49-42)46-38-27-23-36(24-28-38)40(51)53-32-34(15-4)20-17-13-2/h21-28,33-34H,12-20,29-32H2,1-11H3,(H3,44,45,46,47,48,49). The molecule has 2 aromatic carbocycles. The Balaban J connectivity index is 1.77. The molecule has 0 saturated heterocycles. The Morgan fingerprint density at radius 2 is 0.983 bits per heavy atom. The molecule has 3 aromatic rings. The van der Waals surface area contributed by atoms with E-state index in [2.05, 4.69) is 104 Å². The largest absolute Gasteiger partial charge is 0.462 e. The van der Waals surface area contributed by atoms with Gasteiger partial charge in [0.1, 0.15) is 0 Å². The number of aromatic nitrogens is 3. The summed E-state index contributed by atoms with van der Waals surface area (Å²) in [5, 5.41) is 9.93. The number of nitrogens with zero attached hydrogens (tertiary/aromatic N) is 3. The first-order valence-electron chi connectivity index (χ1n) is 21.4. The summed E-state index contributed by atoms with van der Waals surface area (Å²) in [6, 6.07) is 15.0. The van der Waals surface area contributed by atoms with E-state index in [1.165, 1.54) is 0 Å². The first-order chi connectivity index (χ1) is 27.4. The van der Waals surface area contributed by atoms with Gasteiger partial charge in [-0.2, -0.15) is 15.0 Å². The number of unbranched alkanes of at least 4 members (excludes halogenated alkanes) is 2. The predicted molar refractivity (Wildman–Crippen MR) is 245 cm³/mol. The van der Waals surface area contributed by atoms with Gasteiger partial charge >= 0.3 is 20.5 Å². The molecule has 12 nitrogen and oxygen atoms in total. The zero-order valence-electron chi connectivity index (χ0n) is 37.3. The fourth-order valence-electron chi connectivity index (χ4n) is 6.58. The molecule has 15 heteroatoms. The van der Waals surface area contributed by atoms with E-state index in [0.29, 0.717) is 71.9 Å². The number of carbonyl (C=O) groups is 2. The van der Waals surface area contributed by atoms with Crippen LogP contribution < -0.4 is 16.0 Å². The number of esters is 2. The number of anilines is 5. The first-order valence-corrected chi connectivity index (χ1v) is 30.8. The summed E-state index contributed by atoms with van der Waals surface area (Å²) in [5.41, 5.74) is 2.37. The molecule has 58 heavy (non-hydrogen) atoms. The van der Waals surface area contributed by atoms with Gasteiger partial charge in [0.15, 0.2) is 16.6 Å². The second-order valence-electron chi connectivity index (χ2n) is 17.3. The zero-order valence-corrected chi connectivity index (χ0v) is 40.3. The van der Waals surface area contributed by atoms with Gasteiger partial charge in [-0.05, 0) is 132 Å². The fraction of sp³-hybridized carbons (Fsp3) is 0.605. The second-order valence-corrected chi connectivity index (χ2v) is 30.2. The van der Waals surface area contributed by atoms with Gasteiger partial charge in [-0.25, -0.2) is 9.59 Å². The first kappa shape index (κ1) is 48.7. The molecule has 0 aliphatic heterocycles. The van der Waals surface area contributed by atoms with E-state index >= 15 is 0 Å². The lowest BCUT2D eigenvalue weighted by atomic mass is 10.0. The van der Waals surface area contributed by atoms with Crippen molar-refractivity contribution in [2.24, 2.45) is 11.8 Å². The van der Waals surface area contributed by atoms with Gasteiger partial charge in [0.2, 0.25) is 17.8 Å². The summed E-state index contributed by atoms with van der Waals surface area (Å²) in [4.78, 5) is 39.7. The number of hydrogen-bond donors (Lipinski definition) is 3. The van der Waals surface area contributed by atoms with Crippen LogP contribution in [0.25, 0.3) is 0 Å². The Bertz CT molecular complexity index is 1570. The highest BCUT2D eigenvalue weighted by Crippen LogP contribution is 2.26. The third-order valence-electron chi connectivity index (χ3n) is 9.51. The lowest BCUT2D eigenvalue weighted by molar-refractivity contribution is 0.0419. The van der Waals surface area contributed by atoms with Crippen LogP contribution in [0.1, 0.15) is 106 Å². The summed E-state index contributed by atoms with van der Waals surface area (Å²) in [6.45, 7) is 25.5. The molecule has 322 valence electrons. The van der Waals surface area contributed by atoms with E-state index in [1.54, 1.807) is 24.3 Å². The minimum absolute atomic E-state index is 0.314. The third-order valence-corrected chi connectivity index (χ3v) is 19.1. The highest BCUT2D eigenvalue weighted by Gasteiger charge is 2.39. The van der Waals surface area contributed by atoms with Gasteiger partial charge in [0, 0.05) is 17.9 Å². The molecule has 0 spiro atoms. The fourth-order valence-corrected chi connectivity index (χ4v) is 19.1. The smallest absolute Gasteiger partial charge is 0.338 e. The molecule has 0 radical (unpaired) electrons. The molecule has 2 unspecified atom stereocenters. The Kier molecular flexibility index (Phi) is 20.0. The van der Waals surface area contributed by atoms with Crippen molar-refractivity contribution < 1.29 is 27.3 Å². The van der Waals surface area contributed by atoms with Gasteiger partial charge in [-0.3, -0.25) is 0 Å². The molecule has 3 N–H and O–H groups in total. The van der Waals surface area contributed by atoms with Crippen LogP contribution in [-0.4, -0.2) is 71.8 Å². The molecule has 0 saturated carbocycles. The van der Waals surface area contributed by atoms with Crippen molar-refractivity contribution in [2.75, 3.05) is 35.7 Å². The Labute approximate surface area is 351 Å². The van der Waals surface area contributed by atoms with Crippen LogP contribution in [0.2, 0.25) is 51.9 Å². The monoisotopic (exact) mass is 852 g/mol. The van der Waals surface area contributed by atoms with E-state index in [-0.39, 0.29) is 11.9 Å². The van der Waals surface area contributed by atoms with Crippen LogP contribution in [0.5, 0.6) is 0 Å². The molecule has 0 amide bonds. The third kappa shape index (κ3) is 18.5. The Morgan fingerprint density at radius 1 is 0.586 bits per heavy atom. The van der Waals surface area contributed by atoms with Gasteiger partial charge in [0.25, 0.3) is 0 Å². The van der Waals surface area contributed by atoms with E-state index in [9.17, 15) is 9.59 Å². The van der Waals surface area contributed by atoms with Crippen molar-refractivity contribution in [1.29, 1.82) is 0 Å². The number of rotatable bonds is 27. The van der Waals surface area contributed by atoms with Crippen molar-refractivity contribution in [1.82, 2.24) is 15.0 Å². The maximum atomic E-state index is 12.8. The summed E-state index contributed by atoms with van der Waals surface area (Å²) >= 11 is 0. The van der Waals surface area contributed by atoms with Gasteiger partial charge in [-0.1, -0.05) is 66.2 Å². The normalized spacial score (nSPS) is 13.1. The average molecular weight is 853 g/mol. The predicted octanol–water partition coefficient (Wildman–Crippen LogP) is 11.7. The molecule has 1 heterocycles. The summed E-state index contributed by atoms with van der Waals surface area (Å²) in [6.07, 6.45) is 9.42. The molecule has 3 rings (SSSR count). The number of hydrogen-bond acceptors (Lipinski definition) is 12. The molecule has 0 aliphatic rings. The van der Waals surface area contributed by atoms with Crippen molar-refractivity contribution in [3.8, 4) is 0 Å². The number of ether oxygens (including phenoxy) is 2. The van der Waals surface area contributed by atoms with Crippen molar-refractivity contribution >= 4 is 66.4 Å².